The number of urea groups is 1. The van der Waals surface area contributed by atoms with Gasteiger partial charge in [0.15, 0.2) is 0 Å². The van der Waals surface area contributed by atoms with Gasteiger partial charge < -0.3 is 21.1 Å². The predicted molar refractivity (Wildman–Crippen MR) is 102 cm³/mol. The molecule has 0 aromatic heterocycles. The lowest BCUT2D eigenvalue weighted by molar-refractivity contribution is 0.230. The van der Waals surface area contributed by atoms with Crippen molar-refractivity contribution in [1.29, 1.82) is 0 Å². The first-order chi connectivity index (χ1) is 12.2. The van der Waals surface area contributed by atoms with Crippen molar-refractivity contribution < 1.29 is 9.90 Å². The summed E-state index contributed by atoms with van der Waals surface area (Å²) in [5, 5.41) is 18.3. The molecule has 5 nitrogen and oxygen atoms in total. The topological polar surface area (TPSA) is 73.4 Å². The number of nitrogens with one attached hydrogen (secondary N) is 3. The maximum Gasteiger partial charge on any atom is 0.315 e. The van der Waals surface area contributed by atoms with Gasteiger partial charge in [0, 0.05) is 24.9 Å². The number of hydrogen-bond acceptors (Lipinski definition) is 3. The molecule has 0 fully saturated rings. The number of amides is 2. The van der Waals surface area contributed by atoms with Gasteiger partial charge in [0.05, 0.1) is 6.04 Å². The molecule has 0 aliphatic rings. The fourth-order valence-electron chi connectivity index (χ4n) is 2.60. The second kappa shape index (κ2) is 10.4. The molecule has 4 N–H and O–H groups in total. The van der Waals surface area contributed by atoms with Gasteiger partial charge in [-0.15, -0.1) is 0 Å². The normalized spacial score (nSPS) is 12.9. The van der Waals surface area contributed by atoms with Crippen molar-refractivity contribution in [3.8, 4) is 0 Å². The molecule has 0 saturated carbocycles. The summed E-state index contributed by atoms with van der Waals surface area (Å²) in [6.07, 6.45) is 1.34. The quantitative estimate of drug-likeness (QED) is 0.565. The number of anilines is 1. The third-order valence-corrected chi connectivity index (χ3v) is 3.92. The minimum Gasteiger partial charge on any atom is -0.396 e. The Labute approximate surface area is 149 Å². The molecule has 0 aliphatic carbocycles. The van der Waals surface area contributed by atoms with Gasteiger partial charge in [-0.2, -0.15) is 0 Å². The fourth-order valence-corrected chi connectivity index (χ4v) is 2.60. The van der Waals surface area contributed by atoms with Gasteiger partial charge in [-0.1, -0.05) is 48.5 Å². The Kier molecular flexibility index (Phi) is 7.79. The summed E-state index contributed by atoms with van der Waals surface area (Å²) in [7, 11) is 0. The minimum absolute atomic E-state index is 0.0190. The number of hydrogen-bond donors (Lipinski definition) is 4. The SMILES string of the molecule is CC(CNc1ccccc1)NC(=O)NC(CCCO)c1ccccc1. The van der Waals surface area contributed by atoms with Crippen LogP contribution in [-0.4, -0.2) is 30.3 Å². The molecule has 2 amide bonds. The Morgan fingerprint density at radius 2 is 1.64 bits per heavy atom. The number of rotatable bonds is 9. The van der Waals surface area contributed by atoms with Crippen LogP contribution < -0.4 is 16.0 Å². The predicted octanol–water partition coefficient (Wildman–Crippen LogP) is 3.30. The molecule has 2 rings (SSSR count). The van der Waals surface area contributed by atoms with E-state index < -0.39 is 0 Å². The van der Waals surface area contributed by atoms with Crippen LogP contribution in [0.4, 0.5) is 10.5 Å². The highest BCUT2D eigenvalue weighted by molar-refractivity contribution is 5.74. The fraction of sp³-hybridized carbons (Fsp3) is 0.350. The van der Waals surface area contributed by atoms with Crippen LogP contribution >= 0.6 is 0 Å². The van der Waals surface area contributed by atoms with Crippen molar-refractivity contribution in [2.45, 2.75) is 31.8 Å². The Morgan fingerprint density at radius 3 is 2.28 bits per heavy atom. The van der Waals surface area contributed by atoms with Crippen molar-refractivity contribution in [1.82, 2.24) is 10.6 Å². The molecule has 2 aromatic carbocycles. The molecule has 25 heavy (non-hydrogen) atoms. The highest BCUT2D eigenvalue weighted by atomic mass is 16.3. The first-order valence-corrected chi connectivity index (χ1v) is 8.71. The summed E-state index contributed by atoms with van der Waals surface area (Å²) in [4.78, 5) is 12.3. The molecule has 2 aromatic rings. The van der Waals surface area contributed by atoms with E-state index >= 15 is 0 Å². The van der Waals surface area contributed by atoms with Crippen molar-refractivity contribution in [2.24, 2.45) is 0 Å². The van der Waals surface area contributed by atoms with Crippen LogP contribution in [0.25, 0.3) is 0 Å². The Morgan fingerprint density at radius 1 is 1.00 bits per heavy atom. The third-order valence-electron chi connectivity index (χ3n) is 3.92. The van der Waals surface area contributed by atoms with Gasteiger partial charge in [-0.05, 0) is 37.5 Å². The van der Waals surface area contributed by atoms with Crippen LogP contribution in [0, 0.1) is 0 Å². The molecule has 2 atom stereocenters. The summed E-state index contributed by atoms with van der Waals surface area (Å²) in [6.45, 7) is 2.72. The van der Waals surface area contributed by atoms with Crippen LogP contribution in [0.1, 0.15) is 31.4 Å². The number of benzene rings is 2. The van der Waals surface area contributed by atoms with Gasteiger partial charge in [0.2, 0.25) is 0 Å². The highest BCUT2D eigenvalue weighted by Crippen LogP contribution is 2.17. The lowest BCUT2D eigenvalue weighted by Gasteiger charge is -2.22. The van der Waals surface area contributed by atoms with Crippen molar-refractivity contribution >= 4 is 11.7 Å². The van der Waals surface area contributed by atoms with E-state index in [0.717, 1.165) is 11.3 Å². The van der Waals surface area contributed by atoms with E-state index in [-0.39, 0.29) is 24.7 Å². The maximum atomic E-state index is 12.3. The number of carbonyl (C=O) groups is 1. The van der Waals surface area contributed by atoms with Crippen molar-refractivity contribution in [3.05, 3.63) is 66.2 Å². The lowest BCUT2D eigenvalue weighted by atomic mass is 10.0. The van der Waals surface area contributed by atoms with Crippen LogP contribution in [0.5, 0.6) is 0 Å². The van der Waals surface area contributed by atoms with E-state index in [4.69, 9.17) is 5.11 Å². The molecule has 0 saturated heterocycles. The van der Waals surface area contributed by atoms with Crippen LogP contribution in [-0.2, 0) is 0 Å². The van der Waals surface area contributed by atoms with E-state index in [2.05, 4.69) is 16.0 Å². The number of carbonyl (C=O) groups excluding carboxylic acids is 1. The molecule has 0 radical (unpaired) electrons. The molecule has 0 bridgehead atoms. The lowest BCUT2D eigenvalue weighted by Crippen LogP contribution is -2.44. The largest absolute Gasteiger partial charge is 0.396 e. The molecule has 0 heterocycles. The van der Waals surface area contributed by atoms with Gasteiger partial charge in [-0.3, -0.25) is 0 Å². The standard InChI is InChI=1S/C20H27N3O2/c1-16(15-21-18-11-6-3-7-12-18)22-20(25)23-19(13-8-14-24)17-9-4-2-5-10-17/h2-7,9-12,16,19,21,24H,8,13-15H2,1H3,(H2,22,23,25). The Balaban J connectivity index is 1.83. The summed E-state index contributed by atoms with van der Waals surface area (Å²) < 4.78 is 0. The van der Waals surface area contributed by atoms with Gasteiger partial charge in [0.1, 0.15) is 0 Å². The third kappa shape index (κ3) is 6.85. The first kappa shape index (κ1) is 18.8. The molecule has 0 aliphatic heterocycles. The van der Waals surface area contributed by atoms with E-state index in [9.17, 15) is 4.79 Å². The van der Waals surface area contributed by atoms with E-state index in [1.54, 1.807) is 0 Å². The molecule has 0 spiro atoms. The van der Waals surface area contributed by atoms with Crippen LogP contribution in [0.3, 0.4) is 0 Å². The molecular formula is C20H27N3O2. The number of aliphatic hydroxyl groups excluding tert-OH is 1. The zero-order valence-corrected chi connectivity index (χ0v) is 14.6. The van der Waals surface area contributed by atoms with Crippen molar-refractivity contribution in [2.75, 3.05) is 18.5 Å². The van der Waals surface area contributed by atoms with Gasteiger partial charge >= 0.3 is 6.03 Å². The maximum absolute atomic E-state index is 12.3. The van der Waals surface area contributed by atoms with Gasteiger partial charge in [-0.25, -0.2) is 4.79 Å². The molecular weight excluding hydrogens is 314 g/mol. The minimum atomic E-state index is -0.200. The monoisotopic (exact) mass is 341 g/mol. The summed E-state index contributed by atoms with van der Waals surface area (Å²) >= 11 is 0. The van der Waals surface area contributed by atoms with E-state index in [1.165, 1.54) is 0 Å². The average molecular weight is 341 g/mol. The van der Waals surface area contributed by atoms with E-state index in [1.807, 2.05) is 67.6 Å². The second-order valence-corrected chi connectivity index (χ2v) is 6.09. The highest BCUT2D eigenvalue weighted by Gasteiger charge is 2.15. The van der Waals surface area contributed by atoms with E-state index in [0.29, 0.717) is 19.4 Å². The summed E-state index contributed by atoms with van der Waals surface area (Å²) in [5.74, 6) is 0. The second-order valence-electron chi connectivity index (χ2n) is 6.09. The van der Waals surface area contributed by atoms with Crippen LogP contribution in [0.2, 0.25) is 0 Å². The Bertz CT molecular complexity index is 619. The summed E-state index contributed by atoms with van der Waals surface area (Å²) in [6, 6.07) is 19.4. The number of aliphatic hydroxyl groups is 1. The smallest absolute Gasteiger partial charge is 0.315 e. The van der Waals surface area contributed by atoms with Crippen molar-refractivity contribution in [3.63, 3.8) is 0 Å². The Hall–Kier alpha value is -2.53. The first-order valence-electron chi connectivity index (χ1n) is 8.71. The average Bonchev–Trinajstić information content (AvgIpc) is 2.65. The molecule has 2 unspecified atom stereocenters. The van der Waals surface area contributed by atoms with Gasteiger partial charge in [0.25, 0.3) is 0 Å². The summed E-state index contributed by atoms with van der Waals surface area (Å²) in [5.41, 5.74) is 2.07. The molecule has 134 valence electrons. The molecule has 5 heteroatoms. The zero-order valence-electron chi connectivity index (χ0n) is 14.6. The zero-order chi connectivity index (χ0) is 17.9. The number of para-hydroxylation sites is 1. The van der Waals surface area contributed by atoms with Crippen LogP contribution in [0.15, 0.2) is 60.7 Å².